The SMILES string of the molecule is [Br][Mo][Br].[C-]1=CC=CC1.[C-]1=CC=CC1. The van der Waals surface area contributed by atoms with Gasteiger partial charge in [0.1, 0.15) is 0 Å². The molecule has 0 aliphatic heterocycles. The Labute approximate surface area is 102 Å². The molecule has 13 heavy (non-hydrogen) atoms. The average molecular weight is 386 g/mol. The number of allylic oxidation sites excluding steroid dienone is 8. The van der Waals surface area contributed by atoms with Gasteiger partial charge in [0.05, 0.1) is 0 Å². The van der Waals surface area contributed by atoms with E-state index in [2.05, 4.69) is 50.9 Å². The minimum Gasteiger partial charge on any atom is -0.273 e. The summed E-state index contributed by atoms with van der Waals surface area (Å²) in [6, 6.07) is 0. The molecule has 2 aliphatic carbocycles. The molecule has 0 fully saturated rings. The molecule has 0 spiro atoms. The third kappa shape index (κ3) is 12.6. The minimum atomic E-state index is 0.0950. The zero-order valence-corrected chi connectivity index (χ0v) is 12.2. The zero-order chi connectivity index (χ0) is 9.78. The second kappa shape index (κ2) is 12.6. The summed E-state index contributed by atoms with van der Waals surface area (Å²) in [6.07, 6.45) is 20.0. The van der Waals surface area contributed by atoms with Crippen LogP contribution < -0.4 is 0 Å². The molecule has 0 aromatic rings. The molecule has 0 nitrogen and oxygen atoms in total. The van der Waals surface area contributed by atoms with Gasteiger partial charge in [0.15, 0.2) is 0 Å². The fourth-order valence-electron chi connectivity index (χ4n) is 0.680. The standard InChI is InChI=1S/2C5H5.2BrH.Mo/c2*1-2-4-5-3-1;;;/h2*1-3H,4H2;2*1H;/q2*-1;;;+2/p-2. The van der Waals surface area contributed by atoms with Crippen molar-refractivity contribution in [3.05, 3.63) is 48.6 Å². The van der Waals surface area contributed by atoms with Gasteiger partial charge in [0.25, 0.3) is 0 Å². The van der Waals surface area contributed by atoms with Gasteiger partial charge >= 0.3 is 41.0 Å². The van der Waals surface area contributed by atoms with Gasteiger partial charge in [-0.2, -0.15) is 12.2 Å². The maximum Gasteiger partial charge on any atom is -0.109 e. The van der Waals surface area contributed by atoms with Crippen LogP contribution in [-0.2, 0) is 14.5 Å². The predicted octanol–water partition coefficient (Wildman–Crippen LogP) is 4.30. The molecule has 0 aromatic carbocycles. The van der Waals surface area contributed by atoms with E-state index in [1.54, 1.807) is 0 Å². The third-order valence-electron chi connectivity index (χ3n) is 1.17. The van der Waals surface area contributed by atoms with Gasteiger partial charge in [0, 0.05) is 0 Å². The molecule has 0 heterocycles. The summed E-state index contributed by atoms with van der Waals surface area (Å²) in [6.45, 7) is 0. The molecule has 0 amide bonds. The van der Waals surface area contributed by atoms with E-state index in [0.717, 1.165) is 12.8 Å². The smallest absolute Gasteiger partial charge is 0.109 e. The molecule has 0 saturated carbocycles. The Kier molecular flexibility index (Phi) is 13.2. The molecule has 0 radical (unpaired) electrons. The second-order valence-electron chi connectivity index (χ2n) is 2.06. The Morgan fingerprint density at radius 3 is 1.38 bits per heavy atom. The van der Waals surface area contributed by atoms with Crippen LogP contribution in [-0.4, -0.2) is 0 Å². The molecule has 0 unspecified atom stereocenters. The van der Waals surface area contributed by atoms with Gasteiger partial charge in [0.2, 0.25) is 0 Å². The number of rotatable bonds is 0. The molecular weight excluding hydrogens is 376 g/mol. The van der Waals surface area contributed by atoms with Gasteiger partial charge in [-0.15, -0.1) is 12.8 Å². The van der Waals surface area contributed by atoms with Crippen molar-refractivity contribution in [1.29, 1.82) is 0 Å². The van der Waals surface area contributed by atoms with Crippen LogP contribution in [0.1, 0.15) is 12.8 Å². The van der Waals surface area contributed by atoms with E-state index < -0.39 is 0 Å². The Balaban J connectivity index is 0.000000174. The zero-order valence-electron chi connectivity index (χ0n) is 7.04. The molecule has 0 bridgehead atoms. The van der Waals surface area contributed by atoms with E-state index in [9.17, 15) is 0 Å². The van der Waals surface area contributed by atoms with E-state index in [1.165, 1.54) is 0 Å². The molecule has 2 rings (SSSR count). The summed E-state index contributed by atoms with van der Waals surface area (Å²) < 4.78 is 0. The first-order valence-electron chi connectivity index (χ1n) is 3.74. The second-order valence-corrected chi connectivity index (χ2v) is 11.3. The van der Waals surface area contributed by atoms with Crippen LogP contribution in [0.2, 0.25) is 0 Å². The van der Waals surface area contributed by atoms with Crippen molar-refractivity contribution in [2.75, 3.05) is 0 Å². The van der Waals surface area contributed by atoms with Crippen LogP contribution in [0.5, 0.6) is 0 Å². The summed E-state index contributed by atoms with van der Waals surface area (Å²) in [5.74, 6) is 0. The number of halogens is 2. The summed E-state index contributed by atoms with van der Waals surface area (Å²) in [5.41, 5.74) is 0. The first-order chi connectivity index (χ1) is 6.41. The molecule has 2 aliphatic rings. The molecule has 72 valence electrons. The average Bonchev–Trinajstić information content (AvgIpc) is 2.85. The first kappa shape index (κ1) is 13.6. The van der Waals surface area contributed by atoms with Crippen molar-refractivity contribution in [3.8, 4) is 0 Å². The molecule has 0 atom stereocenters. The fourth-order valence-corrected chi connectivity index (χ4v) is 0.680. The van der Waals surface area contributed by atoms with Crippen molar-refractivity contribution in [3.63, 3.8) is 0 Å². The van der Waals surface area contributed by atoms with Crippen molar-refractivity contribution < 1.29 is 14.5 Å². The van der Waals surface area contributed by atoms with Gasteiger partial charge in [-0.1, -0.05) is 0 Å². The van der Waals surface area contributed by atoms with E-state index in [0.29, 0.717) is 0 Å². The normalized spacial score (nSPS) is 14.9. The molecule has 0 N–H and O–H groups in total. The monoisotopic (exact) mass is 386 g/mol. The summed E-state index contributed by atoms with van der Waals surface area (Å²) in [5, 5.41) is 0. The van der Waals surface area contributed by atoms with Crippen LogP contribution in [0.15, 0.2) is 36.5 Å². The fraction of sp³-hybridized carbons (Fsp3) is 0.200. The largest absolute Gasteiger partial charge is 0.273 e. The number of hydrogen-bond acceptors (Lipinski definition) is 0. The van der Waals surface area contributed by atoms with E-state index in [-0.39, 0.29) is 14.5 Å². The predicted molar refractivity (Wildman–Crippen MR) is 61.0 cm³/mol. The van der Waals surface area contributed by atoms with Gasteiger partial charge in [-0.25, -0.2) is 24.3 Å². The van der Waals surface area contributed by atoms with E-state index in [1.807, 2.05) is 24.3 Å². The quantitative estimate of drug-likeness (QED) is 0.431. The summed E-state index contributed by atoms with van der Waals surface area (Å²) in [7, 11) is 0. The molecule has 0 saturated heterocycles. The maximum absolute atomic E-state index is 3.19. The third-order valence-corrected chi connectivity index (χ3v) is 1.17. The Morgan fingerprint density at radius 2 is 1.31 bits per heavy atom. The van der Waals surface area contributed by atoms with Crippen molar-refractivity contribution in [2.24, 2.45) is 0 Å². The first-order valence-corrected chi connectivity index (χ1v) is 12.9. The van der Waals surface area contributed by atoms with E-state index >= 15 is 0 Å². The summed E-state index contributed by atoms with van der Waals surface area (Å²) >= 11 is 6.48. The van der Waals surface area contributed by atoms with Crippen LogP contribution in [0.25, 0.3) is 0 Å². The van der Waals surface area contributed by atoms with Gasteiger partial charge in [-0.3, -0.25) is 12.2 Å². The van der Waals surface area contributed by atoms with Crippen molar-refractivity contribution in [1.82, 2.24) is 0 Å². The van der Waals surface area contributed by atoms with Crippen LogP contribution in [0, 0.1) is 12.2 Å². The Morgan fingerprint density at radius 1 is 0.923 bits per heavy atom. The van der Waals surface area contributed by atoms with Gasteiger partial charge < -0.3 is 0 Å². The van der Waals surface area contributed by atoms with Crippen LogP contribution >= 0.6 is 26.6 Å². The molecule has 3 heteroatoms. The van der Waals surface area contributed by atoms with Crippen molar-refractivity contribution >= 4 is 26.6 Å². The van der Waals surface area contributed by atoms with Crippen molar-refractivity contribution in [2.45, 2.75) is 12.8 Å². The van der Waals surface area contributed by atoms with Gasteiger partial charge in [-0.05, 0) is 0 Å². The molecular formula is C10H10Br2Mo-2. The summed E-state index contributed by atoms with van der Waals surface area (Å²) in [4.78, 5) is 0. The maximum atomic E-state index is 3.19. The Hall–Kier alpha value is 0.608. The van der Waals surface area contributed by atoms with Crippen LogP contribution in [0.4, 0.5) is 0 Å². The van der Waals surface area contributed by atoms with E-state index in [4.69, 9.17) is 0 Å². The topological polar surface area (TPSA) is 0 Å². The Bertz CT molecular complexity index is 163. The molecule has 0 aromatic heterocycles. The minimum absolute atomic E-state index is 0.0950. The number of hydrogen-bond donors (Lipinski definition) is 0. The van der Waals surface area contributed by atoms with Crippen LogP contribution in [0.3, 0.4) is 0 Å².